The van der Waals surface area contributed by atoms with Gasteiger partial charge in [-0.3, -0.25) is 4.90 Å². The van der Waals surface area contributed by atoms with Crippen molar-refractivity contribution in [1.29, 1.82) is 0 Å². The summed E-state index contributed by atoms with van der Waals surface area (Å²) in [6.07, 6.45) is 2.67. The van der Waals surface area contributed by atoms with Gasteiger partial charge in [0.15, 0.2) is 0 Å². The molecule has 23 heavy (non-hydrogen) atoms. The Bertz CT molecular complexity index is 618. The van der Waals surface area contributed by atoms with E-state index in [0.29, 0.717) is 0 Å². The molecule has 1 heterocycles. The number of nitrogens with zero attached hydrogens (tertiary/aromatic N) is 1. The summed E-state index contributed by atoms with van der Waals surface area (Å²) < 4.78 is 0. The molecule has 1 aliphatic rings. The van der Waals surface area contributed by atoms with Crippen LogP contribution in [-0.4, -0.2) is 23.1 Å². The van der Waals surface area contributed by atoms with E-state index in [4.69, 9.17) is 0 Å². The summed E-state index contributed by atoms with van der Waals surface area (Å²) >= 11 is 0. The molecule has 3 heteroatoms. The van der Waals surface area contributed by atoms with E-state index in [1.54, 1.807) is 0 Å². The van der Waals surface area contributed by atoms with Crippen LogP contribution in [0.2, 0.25) is 0 Å². The summed E-state index contributed by atoms with van der Waals surface area (Å²) in [6, 6.07) is 17.1. The quantitative estimate of drug-likeness (QED) is 0.848. The maximum absolute atomic E-state index is 9.26. The lowest BCUT2D eigenvalue weighted by molar-refractivity contribution is 0.281. The predicted molar refractivity (Wildman–Crippen MR) is 95.4 cm³/mol. The summed E-state index contributed by atoms with van der Waals surface area (Å²) in [5, 5.41) is 12.8. The molecule has 0 amide bonds. The molecule has 2 aromatic carbocycles. The van der Waals surface area contributed by atoms with Gasteiger partial charge in [-0.1, -0.05) is 36.4 Å². The highest BCUT2D eigenvalue weighted by Gasteiger charge is 2.11. The molecule has 3 rings (SSSR count). The molecule has 3 nitrogen and oxygen atoms in total. The normalized spacial score (nSPS) is 16.4. The van der Waals surface area contributed by atoms with Crippen LogP contribution in [0.5, 0.6) is 0 Å². The second-order valence-corrected chi connectivity index (χ2v) is 6.45. The second-order valence-electron chi connectivity index (χ2n) is 6.45. The molecule has 1 saturated heterocycles. The smallest absolute Gasteiger partial charge is 0.0681 e. The van der Waals surface area contributed by atoms with Crippen molar-refractivity contribution in [2.45, 2.75) is 39.0 Å². The van der Waals surface area contributed by atoms with Gasteiger partial charge in [0, 0.05) is 18.3 Å². The first kappa shape index (κ1) is 16.0. The van der Waals surface area contributed by atoms with Crippen LogP contribution >= 0.6 is 0 Å². The molecular formula is C20H26N2O. The molecule has 1 fully saturated rings. The van der Waals surface area contributed by atoms with Crippen molar-refractivity contribution < 1.29 is 5.11 Å². The van der Waals surface area contributed by atoms with Gasteiger partial charge in [-0.05, 0) is 61.7 Å². The average molecular weight is 310 g/mol. The van der Waals surface area contributed by atoms with Gasteiger partial charge < -0.3 is 10.4 Å². The van der Waals surface area contributed by atoms with Crippen molar-refractivity contribution in [2.75, 3.05) is 18.4 Å². The van der Waals surface area contributed by atoms with Crippen molar-refractivity contribution in [2.24, 2.45) is 0 Å². The Kier molecular flexibility index (Phi) is 5.31. The third-order valence-corrected chi connectivity index (χ3v) is 4.58. The van der Waals surface area contributed by atoms with Gasteiger partial charge in [-0.15, -0.1) is 0 Å². The summed E-state index contributed by atoms with van der Waals surface area (Å²) in [7, 11) is 0. The molecule has 0 aromatic heterocycles. The number of aliphatic hydroxyl groups is 1. The summed E-state index contributed by atoms with van der Waals surface area (Å²) in [5.41, 5.74) is 4.67. The summed E-state index contributed by atoms with van der Waals surface area (Å²) in [4.78, 5) is 2.52. The van der Waals surface area contributed by atoms with Crippen LogP contribution in [0.3, 0.4) is 0 Å². The minimum absolute atomic E-state index is 0.0890. The number of likely N-dealkylation sites (tertiary alicyclic amines) is 1. The largest absolute Gasteiger partial charge is 0.392 e. The zero-order chi connectivity index (χ0) is 16.1. The molecule has 2 N–H and O–H groups in total. The van der Waals surface area contributed by atoms with Crippen molar-refractivity contribution in [3.63, 3.8) is 0 Å². The van der Waals surface area contributed by atoms with Crippen LogP contribution in [-0.2, 0) is 13.2 Å². The Balaban J connectivity index is 1.60. The third kappa shape index (κ3) is 4.34. The molecule has 0 saturated carbocycles. The van der Waals surface area contributed by atoms with Gasteiger partial charge in [0.2, 0.25) is 0 Å². The Hall–Kier alpha value is -1.84. The lowest BCUT2D eigenvalue weighted by atomic mass is 10.0. The van der Waals surface area contributed by atoms with Gasteiger partial charge in [-0.2, -0.15) is 0 Å². The minimum Gasteiger partial charge on any atom is -0.392 e. The predicted octanol–water partition coefficient (Wildman–Crippen LogP) is 3.95. The average Bonchev–Trinajstić information content (AvgIpc) is 3.09. The highest BCUT2D eigenvalue weighted by Crippen LogP contribution is 2.21. The molecule has 122 valence electrons. The van der Waals surface area contributed by atoms with Gasteiger partial charge in [0.05, 0.1) is 6.61 Å². The fourth-order valence-corrected chi connectivity index (χ4v) is 3.20. The van der Waals surface area contributed by atoms with E-state index in [1.165, 1.54) is 37.1 Å². The van der Waals surface area contributed by atoms with Crippen molar-refractivity contribution in [1.82, 2.24) is 4.90 Å². The van der Waals surface area contributed by atoms with Crippen molar-refractivity contribution >= 4 is 5.69 Å². The van der Waals surface area contributed by atoms with Crippen molar-refractivity contribution in [3.8, 4) is 0 Å². The molecule has 0 aliphatic carbocycles. The van der Waals surface area contributed by atoms with Gasteiger partial charge in [-0.25, -0.2) is 0 Å². The minimum atomic E-state index is 0.0890. The number of nitrogens with one attached hydrogen (secondary N) is 1. The molecule has 0 radical (unpaired) electrons. The van der Waals surface area contributed by atoms with Crippen LogP contribution in [0, 0.1) is 0 Å². The molecule has 2 aromatic rings. The summed E-state index contributed by atoms with van der Waals surface area (Å²) in [6.45, 7) is 5.77. The highest BCUT2D eigenvalue weighted by molar-refractivity contribution is 5.47. The standard InChI is InChI=1S/C20H26N2O/c1-16(19-6-4-5-18(13-19)15-23)21-20-9-7-17(8-10-20)14-22-11-2-3-12-22/h4-10,13,16,21,23H,2-3,11-12,14-15H2,1H3. The van der Waals surface area contributed by atoms with E-state index in [9.17, 15) is 5.11 Å². The van der Waals surface area contributed by atoms with E-state index in [0.717, 1.165) is 17.8 Å². The van der Waals surface area contributed by atoms with Crippen LogP contribution in [0.15, 0.2) is 48.5 Å². The molecule has 0 bridgehead atoms. The SMILES string of the molecule is CC(Nc1ccc(CN2CCCC2)cc1)c1cccc(CO)c1. The third-order valence-electron chi connectivity index (χ3n) is 4.58. The number of rotatable bonds is 6. The van der Waals surface area contributed by atoms with E-state index >= 15 is 0 Å². The zero-order valence-electron chi connectivity index (χ0n) is 13.8. The maximum atomic E-state index is 9.26. The fraction of sp³-hybridized carbons (Fsp3) is 0.400. The first-order valence-electron chi connectivity index (χ1n) is 8.52. The van der Waals surface area contributed by atoms with Gasteiger partial charge >= 0.3 is 0 Å². The fourth-order valence-electron chi connectivity index (χ4n) is 3.20. The molecular weight excluding hydrogens is 284 g/mol. The van der Waals surface area contributed by atoms with E-state index in [-0.39, 0.29) is 12.6 Å². The lowest BCUT2D eigenvalue weighted by Crippen LogP contribution is -2.18. The van der Waals surface area contributed by atoms with Gasteiger partial charge in [0.25, 0.3) is 0 Å². The first-order valence-corrected chi connectivity index (χ1v) is 8.52. The topological polar surface area (TPSA) is 35.5 Å². The monoisotopic (exact) mass is 310 g/mol. The van der Waals surface area contributed by atoms with E-state index in [1.807, 2.05) is 12.1 Å². The van der Waals surface area contributed by atoms with Gasteiger partial charge in [0.1, 0.15) is 0 Å². The van der Waals surface area contributed by atoms with Crippen LogP contribution in [0.4, 0.5) is 5.69 Å². The van der Waals surface area contributed by atoms with Crippen LogP contribution < -0.4 is 5.32 Å². The number of benzene rings is 2. The van der Waals surface area contributed by atoms with Crippen LogP contribution in [0.1, 0.15) is 42.5 Å². The Labute approximate surface area is 139 Å². The second kappa shape index (κ2) is 7.62. The number of hydrogen-bond acceptors (Lipinski definition) is 3. The first-order chi connectivity index (χ1) is 11.2. The number of aliphatic hydroxyl groups excluding tert-OH is 1. The van der Waals surface area contributed by atoms with Crippen LogP contribution in [0.25, 0.3) is 0 Å². The molecule has 1 aliphatic heterocycles. The highest BCUT2D eigenvalue weighted by atomic mass is 16.3. The number of hydrogen-bond donors (Lipinski definition) is 2. The Morgan fingerprint density at radius 1 is 1.04 bits per heavy atom. The maximum Gasteiger partial charge on any atom is 0.0681 e. The van der Waals surface area contributed by atoms with E-state index in [2.05, 4.69) is 53.5 Å². The Morgan fingerprint density at radius 3 is 2.48 bits per heavy atom. The van der Waals surface area contributed by atoms with E-state index < -0.39 is 0 Å². The lowest BCUT2D eigenvalue weighted by Gasteiger charge is -2.18. The number of anilines is 1. The summed E-state index contributed by atoms with van der Waals surface area (Å²) in [5.74, 6) is 0. The molecule has 0 spiro atoms. The molecule has 1 atom stereocenters. The molecule has 1 unspecified atom stereocenters. The Morgan fingerprint density at radius 2 is 1.78 bits per heavy atom. The zero-order valence-corrected chi connectivity index (χ0v) is 13.8. The van der Waals surface area contributed by atoms with Crippen molar-refractivity contribution in [3.05, 3.63) is 65.2 Å².